The van der Waals surface area contributed by atoms with Crippen LogP contribution in [0, 0.1) is 23.2 Å². The summed E-state index contributed by atoms with van der Waals surface area (Å²) in [4.78, 5) is 12.4. The number of amides is 1. The normalized spacial score (nSPS) is 33.9. The van der Waals surface area contributed by atoms with Crippen LogP contribution >= 0.6 is 23.2 Å². The SMILES string of the molecule is O=C(CCCOc1ccc(Cl)cc1Cl)NC1C2CC3CC1CC(CO)(C3)C2. The predicted octanol–water partition coefficient (Wildman–Crippen LogP) is 4.46. The Balaban J connectivity index is 1.23. The van der Waals surface area contributed by atoms with Gasteiger partial charge in [-0.25, -0.2) is 0 Å². The molecule has 2 unspecified atom stereocenters. The fraction of sp³-hybridized carbons (Fsp3) is 0.667. The van der Waals surface area contributed by atoms with Gasteiger partial charge in [-0.2, -0.15) is 0 Å². The Labute approximate surface area is 170 Å². The number of hydrogen-bond acceptors (Lipinski definition) is 3. The summed E-state index contributed by atoms with van der Waals surface area (Å²) < 4.78 is 5.66. The van der Waals surface area contributed by atoms with Crippen molar-refractivity contribution < 1.29 is 14.6 Å². The molecule has 4 aliphatic rings. The van der Waals surface area contributed by atoms with E-state index in [-0.39, 0.29) is 11.3 Å². The lowest BCUT2D eigenvalue weighted by Gasteiger charge is -2.59. The Bertz CT molecular complexity index is 695. The highest BCUT2D eigenvalue weighted by Crippen LogP contribution is 2.59. The van der Waals surface area contributed by atoms with E-state index < -0.39 is 0 Å². The molecule has 2 atom stereocenters. The molecule has 0 aromatic heterocycles. The highest BCUT2D eigenvalue weighted by molar-refractivity contribution is 6.35. The fourth-order valence-electron chi connectivity index (χ4n) is 5.89. The smallest absolute Gasteiger partial charge is 0.220 e. The molecule has 0 saturated heterocycles. The van der Waals surface area contributed by atoms with Gasteiger partial charge in [0.15, 0.2) is 0 Å². The van der Waals surface area contributed by atoms with Gasteiger partial charge < -0.3 is 15.2 Å². The number of benzene rings is 1. The van der Waals surface area contributed by atoms with E-state index in [9.17, 15) is 9.90 Å². The van der Waals surface area contributed by atoms with E-state index in [0.29, 0.717) is 59.7 Å². The molecule has 6 heteroatoms. The summed E-state index contributed by atoms with van der Waals surface area (Å²) >= 11 is 12.0. The maximum atomic E-state index is 12.4. The van der Waals surface area contributed by atoms with Crippen LogP contribution in [0.2, 0.25) is 10.0 Å². The summed E-state index contributed by atoms with van der Waals surface area (Å²) in [6, 6.07) is 5.42. The molecule has 4 saturated carbocycles. The third-order valence-electron chi connectivity index (χ3n) is 6.76. The molecule has 0 radical (unpaired) electrons. The van der Waals surface area contributed by atoms with Crippen molar-refractivity contribution in [1.82, 2.24) is 5.32 Å². The number of aliphatic hydroxyl groups excluding tert-OH is 1. The number of rotatable bonds is 7. The molecule has 1 amide bonds. The number of carbonyl (C=O) groups excluding carboxylic acids is 1. The lowest BCUT2D eigenvalue weighted by Crippen LogP contribution is -2.60. The summed E-state index contributed by atoms with van der Waals surface area (Å²) in [6.45, 7) is 0.754. The van der Waals surface area contributed by atoms with Gasteiger partial charge in [0.2, 0.25) is 5.91 Å². The molecule has 5 rings (SSSR count). The van der Waals surface area contributed by atoms with Gasteiger partial charge in [0.1, 0.15) is 5.75 Å². The third kappa shape index (κ3) is 4.08. The average molecular weight is 412 g/mol. The Morgan fingerprint density at radius 3 is 2.63 bits per heavy atom. The van der Waals surface area contributed by atoms with E-state index in [4.69, 9.17) is 27.9 Å². The van der Waals surface area contributed by atoms with Crippen molar-refractivity contribution in [2.45, 2.75) is 51.0 Å². The first-order chi connectivity index (χ1) is 13.0. The van der Waals surface area contributed by atoms with Gasteiger partial charge in [-0.3, -0.25) is 4.79 Å². The number of aliphatic hydroxyl groups is 1. The van der Waals surface area contributed by atoms with Crippen molar-refractivity contribution >= 4 is 29.1 Å². The van der Waals surface area contributed by atoms with Gasteiger partial charge in [0, 0.05) is 24.1 Å². The highest BCUT2D eigenvalue weighted by Gasteiger charge is 2.55. The van der Waals surface area contributed by atoms with Gasteiger partial charge in [0.25, 0.3) is 0 Å². The van der Waals surface area contributed by atoms with E-state index in [1.54, 1.807) is 18.2 Å². The van der Waals surface area contributed by atoms with Crippen LogP contribution in [0.5, 0.6) is 5.75 Å². The summed E-state index contributed by atoms with van der Waals surface area (Å²) in [5.41, 5.74) is 0.142. The maximum Gasteiger partial charge on any atom is 0.220 e. The minimum atomic E-state index is 0.108. The standard InChI is InChI=1S/C21H27Cl2NO3/c22-16-3-4-18(17(23)8-16)27-5-1-2-19(26)24-20-14-6-13-7-15(20)11-21(9-13,10-14)12-25/h3-4,8,13-15,20,25H,1-2,5-7,9-12H2,(H,24,26). The molecule has 4 aliphatic carbocycles. The summed E-state index contributed by atoms with van der Waals surface area (Å²) in [7, 11) is 0. The molecule has 27 heavy (non-hydrogen) atoms. The molecule has 0 aliphatic heterocycles. The number of carbonyl (C=O) groups is 1. The van der Waals surface area contributed by atoms with Crippen molar-refractivity contribution in [2.24, 2.45) is 23.2 Å². The summed E-state index contributed by atoms with van der Waals surface area (Å²) in [6.07, 6.45) is 6.84. The van der Waals surface area contributed by atoms with Gasteiger partial charge in [-0.05, 0) is 79.9 Å². The Kier molecular flexibility index (Phi) is 5.59. The van der Waals surface area contributed by atoms with E-state index in [0.717, 1.165) is 18.8 Å². The molecule has 2 N–H and O–H groups in total. The van der Waals surface area contributed by atoms with E-state index in [1.807, 2.05) is 0 Å². The van der Waals surface area contributed by atoms with E-state index >= 15 is 0 Å². The number of halogens is 2. The zero-order valence-corrected chi connectivity index (χ0v) is 16.9. The number of nitrogens with one attached hydrogen (secondary N) is 1. The van der Waals surface area contributed by atoms with Gasteiger partial charge >= 0.3 is 0 Å². The molecule has 0 spiro atoms. The third-order valence-corrected chi connectivity index (χ3v) is 7.29. The van der Waals surface area contributed by atoms with Crippen molar-refractivity contribution in [3.05, 3.63) is 28.2 Å². The average Bonchev–Trinajstić information content (AvgIpc) is 2.63. The first-order valence-corrected chi connectivity index (χ1v) is 10.7. The van der Waals surface area contributed by atoms with Gasteiger partial charge in [-0.15, -0.1) is 0 Å². The first kappa shape index (κ1) is 19.4. The Morgan fingerprint density at radius 1 is 1.22 bits per heavy atom. The van der Waals surface area contributed by atoms with Crippen molar-refractivity contribution in [3.63, 3.8) is 0 Å². The van der Waals surface area contributed by atoms with Crippen LogP contribution in [-0.4, -0.2) is 30.3 Å². The quantitative estimate of drug-likeness (QED) is 0.651. The van der Waals surface area contributed by atoms with Crippen LogP contribution in [-0.2, 0) is 4.79 Å². The second kappa shape index (κ2) is 7.81. The molecule has 1 aromatic rings. The second-order valence-corrected chi connectivity index (χ2v) is 9.59. The first-order valence-electron chi connectivity index (χ1n) is 9.96. The molecular formula is C21H27Cl2NO3. The zero-order chi connectivity index (χ0) is 19.0. The van der Waals surface area contributed by atoms with Gasteiger partial charge in [0.05, 0.1) is 11.6 Å². The molecule has 0 heterocycles. The number of hydrogen-bond donors (Lipinski definition) is 2. The predicted molar refractivity (Wildman–Crippen MR) is 106 cm³/mol. The van der Waals surface area contributed by atoms with Crippen LogP contribution in [0.3, 0.4) is 0 Å². The summed E-state index contributed by atoms with van der Waals surface area (Å²) in [5, 5.41) is 14.2. The molecule has 4 fully saturated rings. The summed E-state index contributed by atoms with van der Waals surface area (Å²) in [5.74, 6) is 2.53. The Hall–Kier alpha value is -0.970. The second-order valence-electron chi connectivity index (χ2n) is 8.75. The lowest BCUT2D eigenvalue weighted by atomic mass is 9.48. The van der Waals surface area contributed by atoms with Crippen LogP contribution in [0.15, 0.2) is 18.2 Å². The lowest BCUT2D eigenvalue weighted by molar-refractivity contribution is -0.130. The van der Waals surface area contributed by atoms with Crippen LogP contribution < -0.4 is 10.1 Å². The topological polar surface area (TPSA) is 58.6 Å². The maximum absolute atomic E-state index is 12.4. The van der Waals surface area contributed by atoms with Crippen LogP contribution in [0.4, 0.5) is 0 Å². The van der Waals surface area contributed by atoms with Crippen molar-refractivity contribution in [1.29, 1.82) is 0 Å². The molecule has 4 nitrogen and oxygen atoms in total. The van der Waals surface area contributed by atoms with Crippen LogP contribution in [0.1, 0.15) is 44.9 Å². The van der Waals surface area contributed by atoms with Crippen LogP contribution in [0.25, 0.3) is 0 Å². The van der Waals surface area contributed by atoms with Gasteiger partial charge in [-0.1, -0.05) is 23.2 Å². The minimum absolute atomic E-state index is 0.108. The highest BCUT2D eigenvalue weighted by atomic mass is 35.5. The molecular weight excluding hydrogens is 385 g/mol. The number of ether oxygens (including phenoxy) is 1. The van der Waals surface area contributed by atoms with E-state index in [2.05, 4.69) is 5.32 Å². The fourth-order valence-corrected chi connectivity index (χ4v) is 6.35. The van der Waals surface area contributed by atoms with Crippen molar-refractivity contribution in [2.75, 3.05) is 13.2 Å². The molecule has 148 valence electrons. The zero-order valence-electron chi connectivity index (χ0n) is 15.4. The van der Waals surface area contributed by atoms with E-state index in [1.165, 1.54) is 19.3 Å². The largest absolute Gasteiger partial charge is 0.492 e. The molecule has 4 bridgehead atoms. The monoisotopic (exact) mass is 411 g/mol. The minimum Gasteiger partial charge on any atom is -0.492 e. The Morgan fingerprint density at radius 2 is 1.96 bits per heavy atom. The molecule has 1 aromatic carbocycles. The van der Waals surface area contributed by atoms with Crippen molar-refractivity contribution in [3.8, 4) is 5.75 Å².